The summed E-state index contributed by atoms with van der Waals surface area (Å²) in [6.07, 6.45) is 1.76. The monoisotopic (exact) mass is 333 g/mol. The van der Waals surface area contributed by atoms with Crippen LogP contribution in [0.3, 0.4) is 0 Å². The lowest BCUT2D eigenvalue weighted by molar-refractivity contribution is 0.552. The molecule has 0 heterocycles. The average Bonchev–Trinajstić information content (AvgIpc) is 2.54. The second-order valence-electron chi connectivity index (χ2n) is 5.47. The van der Waals surface area contributed by atoms with Crippen LogP contribution in [0.1, 0.15) is 12.5 Å². The minimum absolute atomic E-state index is 0.277. The first-order valence-corrected chi connectivity index (χ1v) is 7.84. The van der Waals surface area contributed by atoms with Crippen LogP contribution in [0.2, 0.25) is 5.02 Å². The van der Waals surface area contributed by atoms with Gasteiger partial charge in [0.2, 0.25) is 0 Å². The molecule has 0 fully saturated rings. The summed E-state index contributed by atoms with van der Waals surface area (Å²) in [5, 5.41) is 0.545. The fourth-order valence-electron chi connectivity index (χ4n) is 2.14. The van der Waals surface area contributed by atoms with Crippen LogP contribution in [0, 0.1) is 12.7 Å². The van der Waals surface area contributed by atoms with Gasteiger partial charge in [0.25, 0.3) is 0 Å². The number of anilines is 2. The van der Waals surface area contributed by atoms with Crippen LogP contribution in [0.25, 0.3) is 0 Å². The van der Waals surface area contributed by atoms with Gasteiger partial charge in [-0.15, -0.1) is 0 Å². The zero-order valence-electron chi connectivity index (χ0n) is 13.8. The Morgan fingerprint density at radius 1 is 1.22 bits per heavy atom. The van der Waals surface area contributed by atoms with E-state index in [1.807, 2.05) is 55.9 Å². The predicted molar refractivity (Wildman–Crippen MR) is 97.1 cm³/mol. The van der Waals surface area contributed by atoms with Gasteiger partial charge < -0.3 is 9.80 Å². The molecule has 0 aliphatic carbocycles. The molecule has 0 aromatic heterocycles. The molecule has 122 valence electrons. The van der Waals surface area contributed by atoms with E-state index in [0.717, 1.165) is 23.5 Å². The lowest BCUT2D eigenvalue weighted by atomic mass is 10.1. The molecule has 0 aliphatic rings. The number of aryl methyl sites for hydroxylation is 1. The normalized spacial score (nSPS) is 11.0. The van der Waals surface area contributed by atoms with Crippen molar-refractivity contribution in [1.29, 1.82) is 0 Å². The summed E-state index contributed by atoms with van der Waals surface area (Å²) in [6, 6.07) is 10.3. The van der Waals surface area contributed by atoms with E-state index in [1.165, 1.54) is 12.1 Å². The summed E-state index contributed by atoms with van der Waals surface area (Å²) in [4.78, 5) is 8.29. The highest BCUT2D eigenvalue weighted by Crippen LogP contribution is 2.38. The van der Waals surface area contributed by atoms with Crippen LogP contribution in [0.15, 0.2) is 41.4 Å². The SMILES string of the molecule is CCN(C)/C=N\c1cc(C)cc(N(C)c2cccc(F)c2)c1Cl. The van der Waals surface area contributed by atoms with E-state index < -0.39 is 0 Å². The standard InChI is InChI=1S/C18H21ClFN3/c1-5-22(3)12-21-16-9-13(2)10-17(18(16)19)23(4)15-8-6-7-14(20)11-15/h6-12H,5H2,1-4H3/b21-12-. The van der Waals surface area contributed by atoms with E-state index in [4.69, 9.17) is 11.6 Å². The first-order chi connectivity index (χ1) is 10.9. The molecule has 0 saturated carbocycles. The molecule has 0 saturated heterocycles. The summed E-state index contributed by atoms with van der Waals surface area (Å²) in [5.41, 5.74) is 3.27. The van der Waals surface area contributed by atoms with Crippen molar-refractivity contribution in [3.63, 3.8) is 0 Å². The van der Waals surface area contributed by atoms with Crippen molar-refractivity contribution in [2.75, 3.05) is 25.5 Å². The Morgan fingerprint density at radius 3 is 2.61 bits per heavy atom. The summed E-state index contributed by atoms with van der Waals surface area (Å²) < 4.78 is 13.5. The lowest BCUT2D eigenvalue weighted by Crippen LogP contribution is -2.14. The van der Waals surface area contributed by atoms with Crippen molar-refractivity contribution in [3.8, 4) is 0 Å². The van der Waals surface area contributed by atoms with Gasteiger partial charge in [-0.2, -0.15) is 0 Å². The van der Waals surface area contributed by atoms with Gasteiger partial charge in [-0.25, -0.2) is 9.38 Å². The molecule has 3 nitrogen and oxygen atoms in total. The minimum Gasteiger partial charge on any atom is -0.366 e. The molecule has 0 N–H and O–H groups in total. The van der Waals surface area contributed by atoms with E-state index in [2.05, 4.69) is 4.99 Å². The van der Waals surface area contributed by atoms with Gasteiger partial charge in [-0.3, -0.25) is 0 Å². The fourth-order valence-corrected chi connectivity index (χ4v) is 2.42. The molecule has 2 rings (SSSR count). The van der Waals surface area contributed by atoms with Crippen molar-refractivity contribution in [3.05, 3.63) is 52.8 Å². The molecule has 0 unspecified atom stereocenters. The largest absolute Gasteiger partial charge is 0.366 e. The predicted octanol–water partition coefficient (Wildman–Crippen LogP) is 5.17. The summed E-state index contributed by atoms with van der Waals surface area (Å²) in [6.45, 7) is 4.90. The Labute approximate surface area is 142 Å². The van der Waals surface area contributed by atoms with Gasteiger partial charge in [-0.1, -0.05) is 17.7 Å². The number of nitrogens with zero attached hydrogens (tertiary/aromatic N) is 3. The Hall–Kier alpha value is -2.07. The van der Waals surface area contributed by atoms with E-state index in [-0.39, 0.29) is 5.82 Å². The van der Waals surface area contributed by atoms with Gasteiger partial charge in [0, 0.05) is 26.3 Å². The number of hydrogen-bond acceptors (Lipinski definition) is 2. The summed E-state index contributed by atoms with van der Waals surface area (Å²) in [7, 11) is 3.81. The van der Waals surface area contributed by atoms with Crippen LogP contribution in [-0.2, 0) is 0 Å². The summed E-state index contributed by atoms with van der Waals surface area (Å²) in [5.74, 6) is -0.277. The highest BCUT2D eigenvalue weighted by atomic mass is 35.5. The second-order valence-corrected chi connectivity index (χ2v) is 5.85. The minimum atomic E-state index is -0.277. The molecular formula is C18H21ClFN3. The molecule has 2 aromatic rings. The van der Waals surface area contributed by atoms with Crippen molar-refractivity contribution >= 4 is 35.0 Å². The van der Waals surface area contributed by atoms with E-state index in [1.54, 1.807) is 12.4 Å². The van der Waals surface area contributed by atoms with Crippen molar-refractivity contribution in [2.24, 2.45) is 4.99 Å². The lowest BCUT2D eigenvalue weighted by Gasteiger charge is -2.22. The molecule has 0 atom stereocenters. The van der Waals surface area contributed by atoms with Crippen LogP contribution < -0.4 is 4.90 Å². The zero-order chi connectivity index (χ0) is 17.0. The molecule has 0 radical (unpaired) electrons. The first kappa shape index (κ1) is 17.3. The Morgan fingerprint density at radius 2 is 1.96 bits per heavy atom. The quantitative estimate of drug-likeness (QED) is 0.555. The second kappa shape index (κ2) is 7.47. The highest BCUT2D eigenvalue weighted by Gasteiger charge is 2.13. The topological polar surface area (TPSA) is 18.8 Å². The number of benzene rings is 2. The third kappa shape index (κ3) is 4.23. The Balaban J connectivity index is 2.43. The zero-order valence-corrected chi connectivity index (χ0v) is 14.6. The van der Waals surface area contributed by atoms with Crippen LogP contribution in [0.4, 0.5) is 21.5 Å². The van der Waals surface area contributed by atoms with Crippen molar-refractivity contribution in [2.45, 2.75) is 13.8 Å². The van der Waals surface area contributed by atoms with Gasteiger partial charge in [0.1, 0.15) is 5.82 Å². The molecule has 0 spiro atoms. The maximum Gasteiger partial charge on any atom is 0.125 e. The Kier molecular flexibility index (Phi) is 5.61. The van der Waals surface area contributed by atoms with E-state index in [0.29, 0.717) is 10.7 Å². The van der Waals surface area contributed by atoms with E-state index in [9.17, 15) is 4.39 Å². The van der Waals surface area contributed by atoms with E-state index >= 15 is 0 Å². The molecular weight excluding hydrogens is 313 g/mol. The smallest absolute Gasteiger partial charge is 0.125 e. The molecule has 0 aliphatic heterocycles. The molecule has 0 amide bonds. The first-order valence-electron chi connectivity index (χ1n) is 7.46. The van der Waals surface area contributed by atoms with Crippen LogP contribution >= 0.6 is 11.6 Å². The highest BCUT2D eigenvalue weighted by molar-refractivity contribution is 6.36. The average molecular weight is 334 g/mol. The van der Waals surface area contributed by atoms with Crippen molar-refractivity contribution < 1.29 is 4.39 Å². The maximum absolute atomic E-state index is 13.5. The Bertz CT molecular complexity index is 715. The molecule has 0 bridgehead atoms. The molecule has 23 heavy (non-hydrogen) atoms. The van der Waals surface area contributed by atoms with Crippen LogP contribution in [0.5, 0.6) is 0 Å². The van der Waals surface area contributed by atoms with Crippen molar-refractivity contribution in [1.82, 2.24) is 4.90 Å². The number of rotatable bonds is 5. The fraction of sp³-hybridized carbons (Fsp3) is 0.278. The maximum atomic E-state index is 13.5. The number of halogens is 2. The molecule has 2 aromatic carbocycles. The number of hydrogen-bond donors (Lipinski definition) is 0. The van der Waals surface area contributed by atoms with Crippen LogP contribution in [-0.4, -0.2) is 31.9 Å². The van der Waals surface area contributed by atoms with Gasteiger partial charge in [-0.05, 0) is 49.7 Å². The summed E-state index contributed by atoms with van der Waals surface area (Å²) >= 11 is 6.52. The third-order valence-electron chi connectivity index (χ3n) is 3.63. The van der Waals surface area contributed by atoms with Gasteiger partial charge >= 0.3 is 0 Å². The molecule has 5 heteroatoms. The van der Waals surface area contributed by atoms with Gasteiger partial charge in [0.05, 0.1) is 22.7 Å². The van der Waals surface area contributed by atoms with Gasteiger partial charge in [0.15, 0.2) is 0 Å². The third-order valence-corrected chi connectivity index (χ3v) is 4.02. The number of aliphatic imine (C=N–C) groups is 1.